The first-order chi connectivity index (χ1) is 6.58. The molecule has 2 atom stereocenters. The molecular formula is C9H18N2OS2. The first-order valence-electron chi connectivity index (χ1n) is 4.95. The fourth-order valence-electron chi connectivity index (χ4n) is 1.09. The molecule has 2 unspecified atom stereocenters. The van der Waals surface area contributed by atoms with Crippen molar-refractivity contribution in [2.75, 3.05) is 12.0 Å². The maximum Gasteiger partial charge on any atom is 0.166 e. The molecule has 2 N–H and O–H groups in total. The molecule has 0 amide bonds. The van der Waals surface area contributed by atoms with Crippen LogP contribution in [0.5, 0.6) is 0 Å². The summed E-state index contributed by atoms with van der Waals surface area (Å²) in [5, 5.41) is 7.15. The van der Waals surface area contributed by atoms with Crippen LogP contribution in [0.4, 0.5) is 0 Å². The van der Waals surface area contributed by atoms with Crippen molar-refractivity contribution in [1.82, 2.24) is 10.6 Å². The van der Waals surface area contributed by atoms with Crippen LogP contribution in [0.15, 0.2) is 0 Å². The highest BCUT2D eigenvalue weighted by Gasteiger charge is 2.21. The normalized spacial score (nSPS) is 19.9. The zero-order chi connectivity index (χ0) is 10.6. The minimum atomic E-state index is -0.703. The number of thiocarbonyl (C=S) groups is 1. The second-order valence-electron chi connectivity index (χ2n) is 3.86. The summed E-state index contributed by atoms with van der Waals surface area (Å²) in [6.07, 6.45) is 5.09. The Bertz CT molecular complexity index is 229. The molecule has 1 aliphatic rings. The highest BCUT2D eigenvalue weighted by atomic mass is 32.2. The quantitative estimate of drug-likeness (QED) is 0.690. The monoisotopic (exact) mass is 234 g/mol. The molecule has 1 aliphatic carbocycles. The zero-order valence-corrected chi connectivity index (χ0v) is 10.3. The first kappa shape index (κ1) is 11.9. The topological polar surface area (TPSA) is 41.1 Å². The number of rotatable bonds is 5. The van der Waals surface area contributed by atoms with Gasteiger partial charge in [-0.2, -0.15) is 0 Å². The van der Waals surface area contributed by atoms with Gasteiger partial charge in [0.05, 0.1) is 0 Å². The SMILES string of the molecule is CC(CCS(C)=O)NC(=S)NC1CC1. The van der Waals surface area contributed by atoms with E-state index in [1.54, 1.807) is 6.26 Å². The van der Waals surface area contributed by atoms with Gasteiger partial charge in [0.25, 0.3) is 0 Å². The van der Waals surface area contributed by atoms with Crippen LogP contribution in [0.25, 0.3) is 0 Å². The third-order valence-electron chi connectivity index (χ3n) is 2.13. The molecule has 1 rings (SSSR count). The van der Waals surface area contributed by atoms with Crippen LogP contribution < -0.4 is 10.6 Å². The summed E-state index contributed by atoms with van der Waals surface area (Å²) >= 11 is 5.13. The maximum absolute atomic E-state index is 10.9. The van der Waals surface area contributed by atoms with Gasteiger partial charge >= 0.3 is 0 Å². The van der Waals surface area contributed by atoms with Crippen LogP contribution in [0.2, 0.25) is 0 Å². The van der Waals surface area contributed by atoms with Gasteiger partial charge in [-0.05, 0) is 38.4 Å². The summed E-state index contributed by atoms with van der Waals surface area (Å²) in [5.41, 5.74) is 0. The molecule has 0 aromatic rings. The standard InChI is InChI=1S/C9H18N2OS2/c1-7(5-6-14(2)12)10-9(13)11-8-3-4-8/h7-8H,3-6H2,1-2H3,(H2,10,11,13). The smallest absolute Gasteiger partial charge is 0.166 e. The molecule has 0 radical (unpaired) electrons. The molecular weight excluding hydrogens is 216 g/mol. The number of hydrogen-bond donors (Lipinski definition) is 2. The van der Waals surface area contributed by atoms with E-state index in [0.717, 1.165) is 17.3 Å². The average Bonchev–Trinajstić information content (AvgIpc) is 2.84. The van der Waals surface area contributed by atoms with E-state index in [4.69, 9.17) is 12.2 Å². The zero-order valence-electron chi connectivity index (χ0n) is 8.71. The Hall–Kier alpha value is -0.160. The third-order valence-corrected chi connectivity index (χ3v) is 3.17. The van der Waals surface area contributed by atoms with Crippen LogP contribution >= 0.6 is 12.2 Å². The molecule has 82 valence electrons. The van der Waals surface area contributed by atoms with E-state index in [0.29, 0.717) is 12.1 Å². The van der Waals surface area contributed by atoms with Gasteiger partial charge in [-0.1, -0.05) is 0 Å². The van der Waals surface area contributed by atoms with Gasteiger partial charge in [0.15, 0.2) is 5.11 Å². The van der Waals surface area contributed by atoms with Crippen molar-refractivity contribution >= 4 is 28.1 Å². The van der Waals surface area contributed by atoms with E-state index in [9.17, 15) is 4.21 Å². The Morgan fingerprint density at radius 3 is 2.79 bits per heavy atom. The maximum atomic E-state index is 10.9. The van der Waals surface area contributed by atoms with Gasteiger partial charge in [-0.15, -0.1) is 0 Å². The number of nitrogens with one attached hydrogen (secondary N) is 2. The fourth-order valence-corrected chi connectivity index (χ4v) is 2.15. The van der Waals surface area contributed by atoms with Crippen LogP contribution in [0.3, 0.4) is 0 Å². The van der Waals surface area contributed by atoms with E-state index < -0.39 is 10.8 Å². The van der Waals surface area contributed by atoms with Crippen molar-refractivity contribution in [3.63, 3.8) is 0 Å². The molecule has 0 heterocycles. The minimum absolute atomic E-state index is 0.303. The molecule has 1 fully saturated rings. The summed E-state index contributed by atoms with van der Waals surface area (Å²) in [7, 11) is -0.703. The number of hydrogen-bond acceptors (Lipinski definition) is 2. The van der Waals surface area contributed by atoms with Gasteiger partial charge < -0.3 is 10.6 Å². The summed E-state index contributed by atoms with van der Waals surface area (Å²) in [4.78, 5) is 0. The van der Waals surface area contributed by atoms with E-state index >= 15 is 0 Å². The average molecular weight is 234 g/mol. The lowest BCUT2D eigenvalue weighted by Gasteiger charge is -2.16. The van der Waals surface area contributed by atoms with Crippen molar-refractivity contribution in [1.29, 1.82) is 0 Å². The lowest BCUT2D eigenvalue weighted by atomic mass is 10.3. The van der Waals surface area contributed by atoms with E-state index in [1.807, 2.05) is 0 Å². The van der Waals surface area contributed by atoms with Crippen molar-refractivity contribution in [3.8, 4) is 0 Å². The third kappa shape index (κ3) is 5.54. The van der Waals surface area contributed by atoms with Crippen LogP contribution in [0, 0.1) is 0 Å². The predicted molar refractivity (Wildman–Crippen MR) is 64.9 cm³/mol. The summed E-state index contributed by atoms with van der Waals surface area (Å²) in [5.74, 6) is 0.736. The lowest BCUT2D eigenvalue weighted by molar-refractivity contribution is 0.626. The van der Waals surface area contributed by atoms with Crippen molar-refractivity contribution in [2.45, 2.75) is 38.3 Å². The predicted octanol–water partition coefficient (Wildman–Crippen LogP) is 0.770. The second-order valence-corrected chi connectivity index (χ2v) is 5.82. The van der Waals surface area contributed by atoms with Crippen LogP contribution in [0.1, 0.15) is 26.2 Å². The molecule has 14 heavy (non-hydrogen) atoms. The molecule has 0 bridgehead atoms. The molecule has 0 aliphatic heterocycles. The molecule has 0 aromatic carbocycles. The first-order valence-corrected chi connectivity index (χ1v) is 7.08. The van der Waals surface area contributed by atoms with Gasteiger partial charge in [0.1, 0.15) is 0 Å². The van der Waals surface area contributed by atoms with E-state index in [1.165, 1.54) is 12.8 Å². The highest BCUT2D eigenvalue weighted by molar-refractivity contribution is 7.84. The largest absolute Gasteiger partial charge is 0.360 e. The fraction of sp³-hybridized carbons (Fsp3) is 0.889. The van der Waals surface area contributed by atoms with Gasteiger partial charge in [0.2, 0.25) is 0 Å². The highest BCUT2D eigenvalue weighted by Crippen LogP contribution is 2.18. The molecule has 5 heteroatoms. The van der Waals surface area contributed by atoms with E-state index in [2.05, 4.69) is 17.6 Å². The van der Waals surface area contributed by atoms with Crippen LogP contribution in [-0.4, -0.2) is 33.4 Å². The Labute approximate surface area is 93.5 Å². The Morgan fingerprint density at radius 1 is 1.64 bits per heavy atom. The summed E-state index contributed by atoms with van der Waals surface area (Å²) in [6.45, 7) is 2.06. The molecule has 0 spiro atoms. The molecule has 0 aromatic heterocycles. The minimum Gasteiger partial charge on any atom is -0.360 e. The summed E-state index contributed by atoms with van der Waals surface area (Å²) < 4.78 is 10.9. The Kier molecular flexibility index (Phi) is 4.81. The second kappa shape index (κ2) is 5.66. The van der Waals surface area contributed by atoms with Crippen LogP contribution in [-0.2, 0) is 10.8 Å². The van der Waals surface area contributed by atoms with Crippen molar-refractivity contribution in [3.05, 3.63) is 0 Å². The Balaban J connectivity index is 2.08. The summed E-state index contributed by atoms with van der Waals surface area (Å²) in [6, 6.07) is 0.903. The Morgan fingerprint density at radius 2 is 2.29 bits per heavy atom. The molecule has 0 saturated heterocycles. The van der Waals surface area contributed by atoms with Gasteiger partial charge in [-0.25, -0.2) is 0 Å². The lowest BCUT2D eigenvalue weighted by Crippen LogP contribution is -2.41. The van der Waals surface area contributed by atoms with Gasteiger partial charge in [-0.3, -0.25) is 4.21 Å². The van der Waals surface area contributed by atoms with Crippen molar-refractivity contribution in [2.24, 2.45) is 0 Å². The molecule has 3 nitrogen and oxygen atoms in total. The van der Waals surface area contributed by atoms with E-state index in [-0.39, 0.29) is 0 Å². The van der Waals surface area contributed by atoms with Crippen molar-refractivity contribution < 1.29 is 4.21 Å². The molecule has 1 saturated carbocycles. The van der Waals surface area contributed by atoms with Gasteiger partial charge in [0, 0.05) is 34.9 Å².